The molecule has 0 radical (unpaired) electrons. The largest absolute Gasteiger partial charge is 0.349 e. The Morgan fingerprint density at radius 1 is 1.13 bits per heavy atom. The van der Waals surface area contributed by atoms with E-state index in [2.05, 4.69) is 15.0 Å². The third-order valence-corrected chi connectivity index (χ3v) is 5.51. The first-order valence-corrected chi connectivity index (χ1v) is 10.2. The van der Waals surface area contributed by atoms with Crippen molar-refractivity contribution in [1.82, 2.24) is 19.5 Å². The normalized spacial score (nSPS) is 12.0. The Balaban J connectivity index is 1.80. The summed E-state index contributed by atoms with van der Waals surface area (Å²) in [6, 6.07) is 13.7. The summed E-state index contributed by atoms with van der Waals surface area (Å²) in [5, 5.41) is 0.706. The number of nitrogens with one attached hydrogen (secondary N) is 1. The van der Waals surface area contributed by atoms with Crippen LogP contribution in [0.25, 0.3) is 28.1 Å². The molecule has 2 aromatic carbocycles. The zero-order valence-electron chi connectivity index (χ0n) is 16.8. The van der Waals surface area contributed by atoms with Crippen LogP contribution in [0.1, 0.15) is 31.4 Å². The summed E-state index contributed by atoms with van der Waals surface area (Å²) in [5.74, 6) is 0.308. The van der Waals surface area contributed by atoms with Gasteiger partial charge in [-0.05, 0) is 67.7 Å². The van der Waals surface area contributed by atoms with E-state index in [1.807, 2.05) is 67.0 Å². The lowest BCUT2D eigenvalue weighted by molar-refractivity contribution is 0.649. The van der Waals surface area contributed by atoms with Crippen LogP contribution in [0.15, 0.2) is 58.1 Å². The SMILES string of the molecule is C/C=C(\C)c1ccc2c(c1)nc1c(=O)[nH]c(=O)nc-1n2CCCc1ccc(Cl)cc1. The van der Waals surface area contributed by atoms with E-state index in [4.69, 9.17) is 11.6 Å². The standard InChI is InChI=1S/C23H21ClN4O2/c1-3-14(2)16-8-11-19-18(13-16)25-20-21(26-23(30)27-22(20)29)28(19)12-4-5-15-6-9-17(24)10-7-15/h3,6-11,13H,4-5,12H2,1-2H3,(H,27,29,30)/b14-3+. The number of allylic oxidation sites excluding steroid dienone is 2. The van der Waals surface area contributed by atoms with Crippen LogP contribution in [0.2, 0.25) is 5.02 Å². The van der Waals surface area contributed by atoms with Gasteiger partial charge in [-0.2, -0.15) is 4.98 Å². The van der Waals surface area contributed by atoms with E-state index >= 15 is 0 Å². The predicted octanol–water partition coefficient (Wildman–Crippen LogP) is 4.29. The number of hydrogen-bond acceptors (Lipinski definition) is 4. The van der Waals surface area contributed by atoms with Gasteiger partial charge in [-0.15, -0.1) is 0 Å². The predicted molar refractivity (Wildman–Crippen MR) is 120 cm³/mol. The van der Waals surface area contributed by atoms with Crippen molar-refractivity contribution >= 4 is 28.2 Å². The average molecular weight is 421 g/mol. The molecule has 2 aromatic rings. The molecule has 0 saturated heterocycles. The highest BCUT2D eigenvalue weighted by molar-refractivity contribution is 6.30. The molecule has 152 valence electrons. The third kappa shape index (κ3) is 3.91. The van der Waals surface area contributed by atoms with Crippen molar-refractivity contribution in [1.29, 1.82) is 0 Å². The van der Waals surface area contributed by atoms with Crippen molar-refractivity contribution in [2.75, 3.05) is 0 Å². The van der Waals surface area contributed by atoms with Crippen LogP contribution in [0.5, 0.6) is 0 Å². The van der Waals surface area contributed by atoms with Crippen LogP contribution < -0.4 is 11.2 Å². The first-order valence-electron chi connectivity index (χ1n) is 9.78. The zero-order chi connectivity index (χ0) is 21.3. The van der Waals surface area contributed by atoms with Crippen LogP contribution in [0.3, 0.4) is 0 Å². The molecule has 0 aromatic heterocycles. The number of hydrogen-bond donors (Lipinski definition) is 1. The summed E-state index contributed by atoms with van der Waals surface area (Å²) in [6.45, 7) is 4.60. The smallest absolute Gasteiger partial charge is 0.322 e. The molecule has 0 amide bonds. The number of halogens is 1. The molecule has 1 N–H and O–H groups in total. The zero-order valence-corrected chi connectivity index (χ0v) is 17.5. The van der Waals surface area contributed by atoms with Crippen LogP contribution in [0.4, 0.5) is 0 Å². The Morgan fingerprint density at radius 2 is 1.90 bits per heavy atom. The Hall–Kier alpha value is -3.25. The number of aryl methyl sites for hydroxylation is 2. The van der Waals surface area contributed by atoms with Gasteiger partial charge < -0.3 is 4.57 Å². The van der Waals surface area contributed by atoms with E-state index < -0.39 is 11.2 Å². The summed E-state index contributed by atoms with van der Waals surface area (Å²) in [4.78, 5) is 35.1. The van der Waals surface area contributed by atoms with Gasteiger partial charge in [0.15, 0.2) is 11.5 Å². The minimum Gasteiger partial charge on any atom is -0.322 e. The molecular formula is C23H21ClN4O2. The number of fused-ring (bicyclic) bond motifs is 2. The van der Waals surface area contributed by atoms with E-state index in [9.17, 15) is 9.59 Å². The van der Waals surface area contributed by atoms with Gasteiger partial charge in [0.05, 0.1) is 11.0 Å². The van der Waals surface area contributed by atoms with Crippen molar-refractivity contribution in [3.8, 4) is 11.5 Å². The van der Waals surface area contributed by atoms with Gasteiger partial charge in [-0.1, -0.05) is 35.9 Å². The lowest BCUT2D eigenvalue weighted by Gasteiger charge is -2.17. The van der Waals surface area contributed by atoms with Crippen LogP contribution in [-0.4, -0.2) is 19.5 Å². The van der Waals surface area contributed by atoms with Gasteiger partial charge >= 0.3 is 5.69 Å². The first-order chi connectivity index (χ1) is 14.5. The summed E-state index contributed by atoms with van der Waals surface area (Å²) in [7, 11) is 0. The van der Waals surface area contributed by atoms with Gasteiger partial charge in [0.25, 0.3) is 5.56 Å². The van der Waals surface area contributed by atoms with Crippen molar-refractivity contribution in [2.24, 2.45) is 0 Å². The van der Waals surface area contributed by atoms with Crippen LogP contribution >= 0.6 is 11.6 Å². The monoisotopic (exact) mass is 420 g/mol. The fraction of sp³-hybridized carbons (Fsp3) is 0.217. The van der Waals surface area contributed by atoms with Crippen molar-refractivity contribution in [2.45, 2.75) is 33.2 Å². The maximum atomic E-state index is 12.4. The van der Waals surface area contributed by atoms with E-state index in [0.29, 0.717) is 22.9 Å². The molecule has 7 heteroatoms. The lowest BCUT2D eigenvalue weighted by Crippen LogP contribution is -2.29. The van der Waals surface area contributed by atoms with E-state index in [1.54, 1.807) is 0 Å². The molecule has 0 fully saturated rings. The molecule has 6 nitrogen and oxygen atoms in total. The molecule has 0 spiro atoms. The Bertz CT molecular complexity index is 1340. The number of aromatic amines is 1. The van der Waals surface area contributed by atoms with Crippen molar-refractivity contribution in [3.05, 3.63) is 85.5 Å². The van der Waals surface area contributed by atoms with E-state index in [-0.39, 0.29) is 5.69 Å². The molecule has 2 heterocycles. The fourth-order valence-corrected chi connectivity index (χ4v) is 3.66. The molecular weight excluding hydrogens is 400 g/mol. The molecule has 0 unspecified atom stereocenters. The molecule has 2 aliphatic heterocycles. The maximum absolute atomic E-state index is 12.4. The van der Waals surface area contributed by atoms with Gasteiger partial charge in [-0.25, -0.2) is 9.78 Å². The Morgan fingerprint density at radius 3 is 2.63 bits per heavy atom. The molecule has 0 bridgehead atoms. The Labute approximate surface area is 178 Å². The molecule has 0 atom stereocenters. The summed E-state index contributed by atoms with van der Waals surface area (Å²) < 4.78 is 1.92. The van der Waals surface area contributed by atoms with Gasteiger partial charge in [0.1, 0.15) is 0 Å². The minimum absolute atomic E-state index is 0.170. The summed E-state index contributed by atoms with van der Waals surface area (Å²) in [6.07, 6.45) is 3.66. The van der Waals surface area contributed by atoms with E-state index in [1.165, 1.54) is 5.56 Å². The second kappa shape index (κ2) is 8.24. The van der Waals surface area contributed by atoms with Gasteiger partial charge in [-0.3, -0.25) is 9.78 Å². The number of benzene rings is 2. The van der Waals surface area contributed by atoms with Gasteiger partial charge in [0, 0.05) is 11.6 Å². The highest BCUT2D eigenvalue weighted by Gasteiger charge is 2.18. The summed E-state index contributed by atoms with van der Waals surface area (Å²) >= 11 is 5.96. The maximum Gasteiger partial charge on any atom is 0.349 e. The number of H-pyrrole nitrogens is 1. The van der Waals surface area contributed by atoms with E-state index in [0.717, 1.165) is 29.5 Å². The lowest BCUT2D eigenvalue weighted by atomic mass is 10.1. The molecule has 4 rings (SSSR count). The van der Waals surface area contributed by atoms with Crippen LogP contribution in [-0.2, 0) is 13.0 Å². The number of nitrogens with zero attached hydrogens (tertiary/aromatic N) is 3. The minimum atomic E-state index is -0.665. The second-order valence-electron chi connectivity index (χ2n) is 7.21. The topological polar surface area (TPSA) is 80.6 Å². The highest BCUT2D eigenvalue weighted by Crippen LogP contribution is 2.25. The number of aromatic nitrogens is 4. The van der Waals surface area contributed by atoms with Gasteiger partial charge in [0.2, 0.25) is 0 Å². The molecule has 2 aliphatic rings. The molecule has 30 heavy (non-hydrogen) atoms. The third-order valence-electron chi connectivity index (χ3n) is 5.26. The first kappa shape index (κ1) is 20.0. The molecule has 0 aliphatic carbocycles. The quantitative estimate of drug-likeness (QED) is 0.488. The summed E-state index contributed by atoms with van der Waals surface area (Å²) in [5.41, 5.74) is 3.84. The molecule has 0 saturated carbocycles. The second-order valence-corrected chi connectivity index (χ2v) is 7.65. The van der Waals surface area contributed by atoms with Crippen molar-refractivity contribution < 1.29 is 0 Å². The number of rotatable bonds is 5. The van der Waals surface area contributed by atoms with Crippen LogP contribution in [0, 0.1) is 0 Å². The fourth-order valence-electron chi connectivity index (χ4n) is 3.53. The average Bonchev–Trinajstić information content (AvgIpc) is 2.74. The van der Waals surface area contributed by atoms with Crippen molar-refractivity contribution in [3.63, 3.8) is 0 Å². The highest BCUT2D eigenvalue weighted by atomic mass is 35.5. The Kier molecular flexibility index (Phi) is 5.50.